The van der Waals surface area contributed by atoms with Crippen molar-refractivity contribution in [1.82, 2.24) is 0 Å². The van der Waals surface area contributed by atoms with Crippen LogP contribution in [0, 0.1) is 0 Å². The van der Waals surface area contributed by atoms with E-state index >= 15 is 0 Å². The van der Waals surface area contributed by atoms with Gasteiger partial charge in [-0.2, -0.15) is 0 Å². The number of hydrogen-bond donors (Lipinski definition) is 1. The maximum Gasteiger partial charge on any atom is 0.248 e. The molecule has 2 rings (SSSR count). The Kier molecular flexibility index (Phi) is 5.25. The lowest BCUT2D eigenvalue weighted by Gasteiger charge is -2.12. The summed E-state index contributed by atoms with van der Waals surface area (Å²) in [6.45, 7) is 0. The van der Waals surface area contributed by atoms with Gasteiger partial charge in [0.05, 0.1) is 24.9 Å². The first-order valence-corrected chi connectivity index (χ1v) is 7.34. The first-order valence-electron chi connectivity index (χ1n) is 6.08. The zero-order valence-electron chi connectivity index (χ0n) is 11.6. The number of amides is 1. The molecular weight excluding hydrogens is 310 g/mol. The van der Waals surface area contributed by atoms with Crippen molar-refractivity contribution < 1.29 is 14.3 Å². The van der Waals surface area contributed by atoms with Gasteiger partial charge in [-0.3, -0.25) is 4.79 Å². The Morgan fingerprint density at radius 3 is 2.67 bits per heavy atom. The van der Waals surface area contributed by atoms with Crippen molar-refractivity contribution in [2.45, 2.75) is 0 Å². The molecular formula is C15H14ClNO3S. The fraction of sp³-hybridized carbons (Fsp3) is 0.133. The van der Waals surface area contributed by atoms with Gasteiger partial charge in [0.15, 0.2) is 0 Å². The van der Waals surface area contributed by atoms with E-state index in [1.807, 2.05) is 17.5 Å². The maximum atomic E-state index is 11.9. The molecule has 0 aliphatic heterocycles. The largest absolute Gasteiger partial charge is 0.495 e. The molecule has 1 amide bonds. The number of hydrogen-bond acceptors (Lipinski definition) is 4. The Labute approximate surface area is 132 Å². The second kappa shape index (κ2) is 7.15. The van der Waals surface area contributed by atoms with Crippen LogP contribution < -0.4 is 14.8 Å². The van der Waals surface area contributed by atoms with E-state index in [9.17, 15) is 4.79 Å². The number of carbonyl (C=O) groups is 1. The molecule has 1 aromatic carbocycles. The topological polar surface area (TPSA) is 47.6 Å². The zero-order chi connectivity index (χ0) is 15.2. The predicted octanol–water partition coefficient (Wildman–Crippen LogP) is 4.07. The normalized spacial score (nSPS) is 10.6. The minimum absolute atomic E-state index is 0.261. The highest BCUT2D eigenvalue weighted by atomic mass is 35.5. The third-order valence-electron chi connectivity index (χ3n) is 2.67. The Morgan fingerprint density at radius 1 is 1.29 bits per heavy atom. The van der Waals surface area contributed by atoms with Crippen molar-refractivity contribution in [2.75, 3.05) is 19.5 Å². The molecule has 0 saturated heterocycles. The zero-order valence-corrected chi connectivity index (χ0v) is 13.1. The third-order valence-corrected chi connectivity index (χ3v) is 3.81. The number of halogens is 1. The van der Waals surface area contributed by atoms with Crippen LogP contribution >= 0.6 is 22.9 Å². The van der Waals surface area contributed by atoms with Crippen LogP contribution in [0.25, 0.3) is 6.08 Å². The number of nitrogens with one attached hydrogen (secondary N) is 1. The molecule has 110 valence electrons. The van der Waals surface area contributed by atoms with Gasteiger partial charge in [0.25, 0.3) is 0 Å². The van der Waals surface area contributed by atoms with Gasteiger partial charge >= 0.3 is 0 Å². The molecule has 0 saturated carbocycles. The highest BCUT2D eigenvalue weighted by Gasteiger charge is 2.11. The molecule has 0 spiro atoms. The Hall–Kier alpha value is -1.98. The fourth-order valence-corrected chi connectivity index (χ4v) is 2.53. The van der Waals surface area contributed by atoms with Crippen LogP contribution in [0.4, 0.5) is 5.69 Å². The predicted molar refractivity (Wildman–Crippen MR) is 86.5 cm³/mol. The summed E-state index contributed by atoms with van der Waals surface area (Å²) in [5, 5.41) is 5.08. The monoisotopic (exact) mass is 323 g/mol. The molecule has 6 heteroatoms. The molecule has 0 radical (unpaired) electrons. The van der Waals surface area contributed by atoms with Crippen LogP contribution in [0.2, 0.25) is 5.02 Å². The number of benzene rings is 1. The van der Waals surface area contributed by atoms with Crippen LogP contribution in [0.1, 0.15) is 4.88 Å². The summed E-state index contributed by atoms with van der Waals surface area (Å²) in [6.07, 6.45) is 3.21. The van der Waals surface area contributed by atoms with Crippen LogP contribution in [-0.2, 0) is 4.79 Å². The smallest absolute Gasteiger partial charge is 0.248 e. The van der Waals surface area contributed by atoms with Crippen LogP contribution in [0.15, 0.2) is 35.7 Å². The molecule has 1 N–H and O–H groups in total. The van der Waals surface area contributed by atoms with Gasteiger partial charge in [0, 0.05) is 17.0 Å². The van der Waals surface area contributed by atoms with Gasteiger partial charge in [-0.1, -0.05) is 17.7 Å². The van der Waals surface area contributed by atoms with Gasteiger partial charge < -0.3 is 14.8 Å². The van der Waals surface area contributed by atoms with Crippen LogP contribution in [0.3, 0.4) is 0 Å². The van der Waals surface area contributed by atoms with Crippen molar-refractivity contribution in [3.05, 3.63) is 45.6 Å². The third kappa shape index (κ3) is 4.00. The van der Waals surface area contributed by atoms with E-state index in [0.29, 0.717) is 22.2 Å². The molecule has 1 heterocycles. The highest BCUT2D eigenvalue weighted by molar-refractivity contribution is 7.10. The summed E-state index contributed by atoms with van der Waals surface area (Å²) in [4.78, 5) is 12.9. The molecule has 4 nitrogen and oxygen atoms in total. The van der Waals surface area contributed by atoms with Gasteiger partial charge in [-0.15, -0.1) is 11.3 Å². The molecule has 0 aliphatic rings. The quantitative estimate of drug-likeness (QED) is 0.844. The average molecular weight is 324 g/mol. The molecule has 0 unspecified atom stereocenters. The van der Waals surface area contributed by atoms with E-state index in [4.69, 9.17) is 21.1 Å². The van der Waals surface area contributed by atoms with Gasteiger partial charge in [0.2, 0.25) is 5.91 Å². The summed E-state index contributed by atoms with van der Waals surface area (Å²) in [5.74, 6) is 0.706. The SMILES string of the molecule is COc1cc(OC)c(NC(=O)C=Cc2cccs2)cc1Cl. The second-order valence-electron chi connectivity index (χ2n) is 4.03. The molecule has 0 fully saturated rings. The van der Waals surface area contributed by atoms with Crippen LogP contribution in [0.5, 0.6) is 11.5 Å². The van der Waals surface area contributed by atoms with Crippen LogP contribution in [-0.4, -0.2) is 20.1 Å². The van der Waals surface area contributed by atoms with Gasteiger partial charge in [0.1, 0.15) is 11.5 Å². The lowest BCUT2D eigenvalue weighted by Crippen LogP contribution is -2.09. The number of methoxy groups -OCH3 is 2. The summed E-state index contributed by atoms with van der Waals surface area (Å²) >= 11 is 7.61. The summed E-state index contributed by atoms with van der Waals surface area (Å²) < 4.78 is 10.3. The molecule has 0 atom stereocenters. The molecule has 0 aliphatic carbocycles. The summed E-state index contributed by atoms with van der Waals surface area (Å²) in [6, 6.07) is 7.07. The molecule has 2 aromatic rings. The lowest BCUT2D eigenvalue weighted by molar-refractivity contribution is -0.111. The average Bonchev–Trinajstić information content (AvgIpc) is 2.99. The van der Waals surface area contributed by atoms with Crippen molar-refractivity contribution in [3.8, 4) is 11.5 Å². The van der Waals surface area contributed by atoms with E-state index in [-0.39, 0.29) is 5.91 Å². The minimum Gasteiger partial charge on any atom is -0.495 e. The molecule has 1 aromatic heterocycles. The van der Waals surface area contributed by atoms with Gasteiger partial charge in [-0.25, -0.2) is 0 Å². The van der Waals surface area contributed by atoms with E-state index in [1.54, 1.807) is 29.5 Å². The Bertz CT molecular complexity index is 653. The summed E-state index contributed by atoms with van der Waals surface area (Å²) in [7, 11) is 3.03. The first kappa shape index (κ1) is 15.4. The number of anilines is 1. The number of carbonyl (C=O) groups excluding carboxylic acids is 1. The molecule has 21 heavy (non-hydrogen) atoms. The van der Waals surface area contributed by atoms with E-state index in [0.717, 1.165) is 4.88 Å². The Morgan fingerprint density at radius 2 is 2.05 bits per heavy atom. The summed E-state index contributed by atoms with van der Waals surface area (Å²) in [5.41, 5.74) is 0.490. The fourth-order valence-electron chi connectivity index (χ4n) is 1.68. The van der Waals surface area contributed by atoms with E-state index in [2.05, 4.69) is 5.32 Å². The lowest BCUT2D eigenvalue weighted by atomic mass is 10.2. The number of rotatable bonds is 5. The van der Waals surface area contributed by atoms with Crippen molar-refractivity contribution in [1.29, 1.82) is 0 Å². The van der Waals surface area contributed by atoms with Gasteiger partial charge in [-0.05, 0) is 23.6 Å². The number of ether oxygens (including phenoxy) is 2. The van der Waals surface area contributed by atoms with E-state index < -0.39 is 0 Å². The number of thiophene rings is 1. The molecule has 0 bridgehead atoms. The second-order valence-corrected chi connectivity index (χ2v) is 5.41. The van der Waals surface area contributed by atoms with E-state index in [1.165, 1.54) is 20.3 Å². The first-order chi connectivity index (χ1) is 10.1. The van der Waals surface area contributed by atoms with Crippen molar-refractivity contribution >= 4 is 40.6 Å². The standard InChI is InChI=1S/C15H14ClNO3S/c1-19-13-9-14(20-2)12(8-11(13)16)17-15(18)6-5-10-4-3-7-21-10/h3-9H,1-2H3,(H,17,18). The maximum absolute atomic E-state index is 11.9. The van der Waals surface area contributed by atoms with Crippen molar-refractivity contribution in [2.24, 2.45) is 0 Å². The highest BCUT2D eigenvalue weighted by Crippen LogP contribution is 2.35. The van der Waals surface area contributed by atoms with Crippen molar-refractivity contribution in [3.63, 3.8) is 0 Å². The Balaban J connectivity index is 2.15. The minimum atomic E-state index is -0.261.